The Hall–Kier alpha value is -1.06. The van der Waals surface area contributed by atoms with Crippen molar-refractivity contribution in [3.05, 3.63) is 29.3 Å². The Bertz CT molecular complexity index is 466. The fourth-order valence-corrected chi connectivity index (χ4v) is 4.05. The molecule has 2 N–H and O–H groups in total. The van der Waals surface area contributed by atoms with E-state index in [0.29, 0.717) is 6.04 Å². The van der Waals surface area contributed by atoms with Gasteiger partial charge in [-0.3, -0.25) is 4.90 Å². The molecule has 116 valence electrons. The lowest BCUT2D eigenvalue weighted by Crippen LogP contribution is -2.38. The van der Waals surface area contributed by atoms with Gasteiger partial charge in [0.25, 0.3) is 0 Å². The van der Waals surface area contributed by atoms with Gasteiger partial charge in [-0.15, -0.1) is 0 Å². The zero-order valence-electron chi connectivity index (χ0n) is 13.2. The number of hydrogen-bond donors (Lipinski definition) is 1. The lowest BCUT2D eigenvalue weighted by Gasteiger charge is -2.40. The predicted octanol–water partition coefficient (Wildman–Crippen LogP) is 3.13. The van der Waals surface area contributed by atoms with Gasteiger partial charge in [0.1, 0.15) is 5.75 Å². The maximum absolute atomic E-state index is 5.70. The highest BCUT2D eigenvalue weighted by molar-refractivity contribution is 5.39. The summed E-state index contributed by atoms with van der Waals surface area (Å²) >= 11 is 0. The topological polar surface area (TPSA) is 38.5 Å². The summed E-state index contributed by atoms with van der Waals surface area (Å²) in [6, 6.07) is 7.24. The molecule has 1 unspecified atom stereocenters. The number of hydrogen-bond acceptors (Lipinski definition) is 3. The molecule has 1 saturated heterocycles. The largest absolute Gasteiger partial charge is 0.497 e. The first-order valence-corrected chi connectivity index (χ1v) is 8.42. The Kier molecular flexibility index (Phi) is 4.81. The quantitative estimate of drug-likeness (QED) is 0.925. The summed E-state index contributed by atoms with van der Waals surface area (Å²) in [5.74, 6) is 1.85. The molecule has 0 radical (unpaired) electrons. The number of benzene rings is 1. The maximum Gasteiger partial charge on any atom is 0.119 e. The van der Waals surface area contributed by atoms with Crippen molar-refractivity contribution in [3.63, 3.8) is 0 Å². The van der Waals surface area contributed by atoms with Crippen LogP contribution in [0.5, 0.6) is 5.75 Å². The standard InChI is InChI=1S/C18H28N2O/c1-21-16-6-5-15-3-2-4-18(17(15)13-16)20-11-8-14(7-10-19)9-12-20/h5-6,13-14,18H,2-4,7-12,19H2,1H3. The van der Waals surface area contributed by atoms with Crippen molar-refractivity contribution in [2.45, 2.75) is 44.6 Å². The van der Waals surface area contributed by atoms with E-state index in [1.807, 2.05) is 0 Å². The summed E-state index contributed by atoms with van der Waals surface area (Å²) in [5, 5.41) is 0. The lowest BCUT2D eigenvalue weighted by atomic mass is 9.84. The van der Waals surface area contributed by atoms with Gasteiger partial charge in [-0.1, -0.05) is 6.07 Å². The van der Waals surface area contributed by atoms with Crippen molar-refractivity contribution in [3.8, 4) is 5.75 Å². The van der Waals surface area contributed by atoms with Gasteiger partial charge in [0, 0.05) is 6.04 Å². The molecule has 3 rings (SSSR count). The van der Waals surface area contributed by atoms with E-state index in [9.17, 15) is 0 Å². The number of aryl methyl sites for hydroxylation is 1. The minimum absolute atomic E-state index is 0.600. The van der Waals surface area contributed by atoms with E-state index in [-0.39, 0.29) is 0 Å². The third kappa shape index (κ3) is 3.24. The van der Waals surface area contributed by atoms with E-state index >= 15 is 0 Å². The Labute approximate surface area is 128 Å². The van der Waals surface area contributed by atoms with E-state index in [4.69, 9.17) is 10.5 Å². The van der Waals surface area contributed by atoms with Crippen LogP contribution >= 0.6 is 0 Å². The third-order valence-electron chi connectivity index (χ3n) is 5.30. The number of likely N-dealkylation sites (tertiary alicyclic amines) is 1. The van der Waals surface area contributed by atoms with Crippen molar-refractivity contribution >= 4 is 0 Å². The second-order valence-electron chi connectivity index (χ2n) is 6.53. The van der Waals surface area contributed by atoms with Crippen LogP contribution in [0.1, 0.15) is 49.3 Å². The molecule has 1 aromatic rings. The van der Waals surface area contributed by atoms with Crippen LogP contribution in [0, 0.1) is 5.92 Å². The highest BCUT2D eigenvalue weighted by Crippen LogP contribution is 2.38. The fraction of sp³-hybridized carbons (Fsp3) is 0.667. The van der Waals surface area contributed by atoms with Crippen molar-refractivity contribution in [2.24, 2.45) is 11.7 Å². The first-order valence-electron chi connectivity index (χ1n) is 8.42. The summed E-state index contributed by atoms with van der Waals surface area (Å²) in [6.45, 7) is 3.30. The van der Waals surface area contributed by atoms with E-state index in [2.05, 4.69) is 23.1 Å². The fourth-order valence-electron chi connectivity index (χ4n) is 4.05. The van der Waals surface area contributed by atoms with Crippen LogP contribution in [0.3, 0.4) is 0 Å². The van der Waals surface area contributed by atoms with E-state index < -0.39 is 0 Å². The van der Waals surface area contributed by atoms with Crippen LogP contribution in [0.25, 0.3) is 0 Å². The highest BCUT2D eigenvalue weighted by Gasteiger charge is 2.29. The Morgan fingerprint density at radius 2 is 2.05 bits per heavy atom. The number of nitrogens with zero attached hydrogens (tertiary/aromatic N) is 1. The van der Waals surface area contributed by atoms with E-state index in [1.165, 1.54) is 62.7 Å². The van der Waals surface area contributed by atoms with Crippen molar-refractivity contribution in [2.75, 3.05) is 26.7 Å². The van der Waals surface area contributed by atoms with Gasteiger partial charge < -0.3 is 10.5 Å². The second-order valence-corrected chi connectivity index (χ2v) is 6.53. The molecular formula is C18H28N2O. The molecular weight excluding hydrogens is 260 g/mol. The van der Waals surface area contributed by atoms with Crippen LogP contribution < -0.4 is 10.5 Å². The predicted molar refractivity (Wildman–Crippen MR) is 86.6 cm³/mol. The summed E-state index contributed by atoms with van der Waals surface area (Å²) in [5.41, 5.74) is 8.74. The van der Waals surface area contributed by atoms with Crippen LogP contribution in [-0.4, -0.2) is 31.6 Å². The Balaban J connectivity index is 1.73. The van der Waals surface area contributed by atoms with Gasteiger partial charge in [-0.25, -0.2) is 0 Å². The minimum atomic E-state index is 0.600. The van der Waals surface area contributed by atoms with Crippen LogP contribution in [0.2, 0.25) is 0 Å². The van der Waals surface area contributed by atoms with Gasteiger partial charge in [-0.05, 0) is 87.3 Å². The smallest absolute Gasteiger partial charge is 0.119 e. The summed E-state index contributed by atoms with van der Waals surface area (Å²) in [7, 11) is 1.76. The van der Waals surface area contributed by atoms with E-state index in [1.54, 1.807) is 7.11 Å². The zero-order chi connectivity index (χ0) is 14.7. The van der Waals surface area contributed by atoms with Crippen molar-refractivity contribution in [1.29, 1.82) is 0 Å². The number of fused-ring (bicyclic) bond motifs is 1. The molecule has 1 heterocycles. The van der Waals surface area contributed by atoms with E-state index in [0.717, 1.165) is 18.2 Å². The minimum Gasteiger partial charge on any atom is -0.497 e. The molecule has 1 aromatic carbocycles. The average molecular weight is 288 g/mol. The van der Waals surface area contributed by atoms with Gasteiger partial charge >= 0.3 is 0 Å². The van der Waals surface area contributed by atoms with Gasteiger partial charge in [-0.2, -0.15) is 0 Å². The zero-order valence-corrected chi connectivity index (χ0v) is 13.2. The molecule has 2 aliphatic rings. The second kappa shape index (κ2) is 6.80. The monoisotopic (exact) mass is 288 g/mol. The SMILES string of the molecule is COc1ccc2c(c1)C(N1CCC(CCN)CC1)CCC2. The summed E-state index contributed by atoms with van der Waals surface area (Å²) in [6.07, 6.45) is 7.65. The molecule has 1 aliphatic heterocycles. The molecule has 0 saturated carbocycles. The molecule has 3 heteroatoms. The first-order chi connectivity index (χ1) is 10.3. The normalized spacial score (nSPS) is 23.8. The molecule has 0 amide bonds. The summed E-state index contributed by atoms with van der Waals surface area (Å²) in [4.78, 5) is 2.70. The molecule has 1 aliphatic carbocycles. The highest BCUT2D eigenvalue weighted by atomic mass is 16.5. The molecule has 21 heavy (non-hydrogen) atoms. The molecule has 0 spiro atoms. The Morgan fingerprint density at radius 1 is 1.24 bits per heavy atom. The van der Waals surface area contributed by atoms with Gasteiger partial charge in [0.05, 0.1) is 7.11 Å². The van der Waals surface area contributed by atoms with Gasteiger partial charge in [0.15, 0.2) is 0 Å². The molecule has 1 atom stereocenters. The molecule has 0 aromatic heterocycles. The van der Waals surface area contributed by atoms with Crippen molar-refractivity contribution < 1.29 is 4.74 Å². The van der Waals surface area contributed by atoms with Crippen LogP contribution in [0.15, 0.2) is 18.2 Å². The number of rotatable bonds is 4. The molecule has 3 nitrogen and oxygen atoms in total. The van der Waals surface area contributed by atoms with Crippen molar-refractivity contribution in [1.82, 2.24) is 4.90 Å². The molecule has 1 fully saturated rings. The summed E-state index contributed by atoms with van der Waals surface area (Å²) < 4.78 is 5.43. The maximum atomic E-state index is 5.70. The number of piperidine rings is 1. The number of ether oxygens (including phenoxy) is 1. The van der Waals surface area contributed by atoms with Gasteiger partial charge in [0.2, 0.25) is 0 Å². The Morgan fingerprint density at radius 3 is 2.76 bits per heavy atom. The average Bonchev–Trinajstić information content (AvgIpc) is 2.55. The first kappa shape index (κ1) is 14.9. The van der Waals surface area contributed by atoms with Crippen LogP contribution in [-0.2, 0) is 6.42 Å². The van der Waals surface area contributed by atoms with Crippen LogP contribution in [0.4, 0.5) is 0 Å². The molecule has 0 bridgehead atoms. The lowest BCUT2D eigenvalue weighted by molar-refractivity contribution is 0.118. The third-order valence-corrected chi connectivity index (χ3v) is 5.30. The number of nitrogens with two attached hydrogens (primary N) is 1. The number of methoxy groups -OCH3 is 1.